The number of ether oxygens (including phenoxy) is 8. The number of methoxy groups -OCH3 is 3. The zero-order chi connectivity index (χ0) is 77.7. The summed E-state index contributed by atoms with van der Waals surface area (Å²) < 4.78 is 48.9. The molecule has 588 valence electrons. The lowest BCUT2D eigenvalue weighted by molar-refractivity contribution is -0.265. The van der Waals surface area contributed by atoms with Crippen molar-refractivity contribution in [3.8, 4) is 0 Å². The number of fused-ring (bicyclic) bond motifs is 7. The lowest BCUT2D eigenvalue weighted by Gasteiger charge is -2.53. The third kappa shape index (κ3) is 19.3. The van der Waals surface area contributed by atoms with Crippen LogP contribution in [0.2, 0.25) is 0 Å². The number of nitrogens with zero attached hydrogens (tertiary/aromatic N) is 2. The zero-order valence-corrected chi connectivity index (χ0v) is 65.2. The second kappa shape index (κ2) is 37.6. The van der Waals surface area contributed by atoms with E-state index in [1.165, 1.54) is 19.1 Å². The fourth-order valence-electron chi connectivity index (χ4n) is 17.8. The van der Waals surface area contributed by atoms with E-state index in [1.54, 1.807) is 60.9 Å². The maximum atomic E-state index is 14.8. The average molecular weight is 1480 g/mol. The minimum absolute atomic E-state index is 0.000349. The number of rotatable bonds is 19. The number of hydrogen-bond donors (Lipinski definition) is 3. The topological polar surface area (TPSA) is 312 Å². The SMILES string of the molecule is CCN(/C=C1/C(=O)O[C@H](COC)[C@@]2(C)C1=C(O)C(=O)C1=C2[C@H](OC(=O)CCCCCCC(=O)O[C@@H]2/C(C)=C/[C@@H](C)C(=O)C[C@@H]([C@H](C)C[C@H]3CC[C@H](O)CC3)OC(=O)[C@@H]3CCCCN3C(=O)C(=O)[C@]3(O)O[C@@H](CC[C@H]3C)C[C@H](OC)/C(C)=C/C=C/C=C/[C@@H](C)C[C@@H](C)C(=O)[C@@H]2OC)C[C@]2(C)C(=O)CC[C@@H]12)CC. The number of piperidine rings is 1. The van der Waals surface area contributed by atoms with Gasteiger partial charge in [0.2, 0.25) is 11.6 Å². The predicted molar refractivity (Wildman–Crippen MR) is 393 cm³/mol. The number of Topliss-reactive ketones (excluding diaryl/α,β-unsaturated/α-hetero) is 5. The van der Waals surface area contributed by atoms with Gasteiger partial charge in [0.25, 0.3) is 11.7 Å². The lowest BCUT2D eigenvalue weighted by Crippen LogP contribution is -2.61. The van der Waals surface area contributed by atoms with Crippen LogP contribution in [0.3, 0.4) is 0 Å². The molecule has 0 aromatic heterocycles. The van der Waals surface area contributed by atoms with Crippen LogP contribution in [0.1, 0.15) is 217 Å². The van der Waals surface area contributed by atoms with Crippen molar-refractivity contribution in [1.82, 2.24) is 9.80 Å². The van der Waals surface area contributed by atoms with Gasteiger partial charge in [-0.15, -0.1) is 0 Å². The van der Waals surface area contributed by atoms with E-state index >= 15 is 0 Å². The van der Waals surface area contributed by atoms with Crippen LogP contribution in [0.25, 0.3) is 0 Å². The van der Waals surface area contributed by atoms with Gasteiger partial charge in [0, 0.05) is 126 Å². The average Bonchev–Trinajstić information content (AvgIpc) is 1.13. The Morgan fingerprint density at radius 2 is 1.46 bits per heavy atom. The highest BCUT2D eigenvalue weighted by atomic mass is 16.6. The number of aliphatic hydroxyl groups excluding tert-OH is 2. The van der Waals surface area contributed by atoms with E-state index < -0.39 is 142 Å². The molecule has 2 saturated carbocycles. The molecule has 0 aromatic rings. The molecule has 8 rings (SSSR count). The van der Waals surface area contributed by atoms with Gasteiger partial charge >= 0.3 is 23.9 Å². The maximum Gasteiger partial charge on any atom is 0.340 e. The van der Waals surface area contributed by atoms with Crippen LogP contribution in [-0.2, 0) is 85.8 Å². The normalized spacial score (nSPS) is 36.6. The molecule has 106 heavy (non-hydrogen) atoms. The molecule has 4 aliphatic carbocycles. The number of aliphatic hydroxyl groups is 3. The highest BCUT2D eigenvalue weighted by Crippen LogP contribution is 2.62. The number of hydrogen-bond acceptors (Lipinski definition) is 22. The second-order valence-corrected chi connectivity index (χ2v) is 31.9. The van der Waals surface area contributed by atoms with Gasteiger partial charge in [-0.05, 0) is 159 Å². The second-order valence-electron chi connectivity index (χ2n) is 31.9. The van der Waals surface area contributed by atoms with Crippen molar-refractivity contribution in [3.05, 3.63) is 81.9 Å². The van der Waals surface area contributed by atoms with Crippen LogP contribution in [0.5, 0.6) is 0 Å². The molecule has 23 nitrogen and oxygen atoms in total. The van der Waals surface area contributed by atoms with Crippen molar-refractivity contribution in [1.29, 1.82) is 0 Å². The fraction of sp³-hybridized carbons (Fsp3) is 0.711. The maximum absolute atomic E-state index is 14.8. The van der Waals surface area contributed by atoms with Gasteiger partial charge in [0.15, 0.2) is 23.8 Å². The van der Waals surface area contributed by atoms with Crippen molar-refractivity contribution >= 4 is 58.7 Å². The summed E-state index contributed by atoms with van der Waals surface area (Å²) in [6.07, 6.45) is 13.1. The number of unbranched alkanes of at least 4 members (excludes halogenated alkanes) is 3. The van der Waals surface area contributed by atoms with E-state index in [2.05, 4.69) is 0 Å². The van der Waals surface area contributed by atoms with E-state index in [-0.39, 0.29) is 110 Å². The fourth-order valence-corrected chi connectivity index (χ4v) is 17.8. The Hall–Kier alpha value is -6.76. The van der Waals surface area contributed by atoms with Crippen LogP contribution >= 0.6 is 0 Å². The number of cyclic esters (lactones) is 2. The van der Waals surface area contributed by atoms with Crippen molar-refractivity contribution in [2.75, 3.05) is 47.6 Å². The summed E-state index contributed by atoms with van der Waals surface area (Å²) >= 11 is 0. The molecule has 3 saturated heterocycles. The standard InChI is InChI=1S/C83H120N2O21/c1-15-84(16-2)46-58-70-74(93)73(92)69-59-37-38-65(88)81(59,10)45-64(71(69)82(70,11)66(47-99-12)104-79(58)96)102-67(89)29-22-17-18-23-30-68(90)105-75-53(8)41-50(5)61(87)44-63(51(6)42-55-32-34-56(86)35-33-55)103-80(97)60-28-24-25-39-85(60)78(95)77(94)83(98)54(9)31-36-57(106-83)43-62(100-13)49(4)27-21-19-20-26-48(3)40-52(7)72(91)76(75)101-14/h19-21,26-27,41,46,48,50-52,54-57,59-60,62-64,66,75-76,86,93,98H,15-18,22-25,28-40,42-45,47H2,1-14H3/b21-19+,26-20+,49-27+,53-41+,58-46+/t48-,50-,51-,52-,54-,55-,56-,57+,59+,60+,62+,63+,64-,66-,75-,76+,81+,82+,83-/m1/s1. The first-order valence-electron chi connectivity index (χ1n) is 39.1. The van der Waals surface area contributed by atoms with Crippen LogP contribution in [-0.4, -0.2) is 192 Å². The van der Waals surface area contributed by atoms with Gasteiger partial charge < -0.3 is 63.0 Å². The quantitative estimate of drug-likeness (QED) is 0.0270. The summed E-state index contributed by atoms with van der Waals surface area (Å²) in [6.45, 7) is 20.9. The summed E-state index contributed by atoms with van der Waals surface area (Å²) in [7, 11) is 4.37. The number of ketones is 5. The van der Waals surface area contributed by atoms with E-state index in [0.29, 0.717) is 108 Å². The number of carbonyl (C=O) groups excluding carboxylic acids is 10. The summed E-state index contributed by atoms with van der Waals surface area (Å²) in [4.78, 5) is 147. The largest absolute Gasteiger partial charge is 0.504 e. The van der Waals surface area contributed by atoms with Gasteiger partial charge in [-0.1, -0.05) is 90.8 Å². The summed E-state index contributed by atoms with van der Waals surface area (Å²) in [5.74, 6) is -12.7. The summed E-state index contributed by atoms with van der Waals surface area (Å²) in [5.41, 5.74) is -0.662. The molecule has 4 aliphatic heterocycles. The van der Waals surface area contributed by atoms with Crippen molar-refractivity contribution in [2.45, 2.75) is 278 Å². The molecule has 0 spiro atoms. The van der Waals surface area contributed by atoms with Gasteiger partial charge in [-0.2, -0.15) is 0 Å². The molecular weight excluding hydrogens is 1360 g/mol. The minimum Gasteiger partial charge on any atom is -0.504 e. The number of esters is 4. The van der Waals surface area contributed by atoms with Crippen molar-refractivity contribution < 1.29 is 101 Å². The van der Waals surface area contributed by atoms with Gasteiger partial charge in [-0.3, -0.25) is 38.4 Å². The first kappa shape index (κ1) is 84.9. The monoisotopic (exact) mass is 1480 g/mol. The summed E-state index contributed by atoms with van der Waals surface area (Å²) in [5, 5.41) is 34.6. The lowest BCUT2D eigenvalue weighted by atomic mass is 9.53. The van der Waals surface area contributed by atoms with Gasteiger partial charge in [0.05, 0.1) is 35.9 Å². The van der Waals surface area contributed by atoms with E-state index in [4.69, 9.17) is 37.9 Å². The molecule has 17 atom stereocenters. The van der Waals surface area contributed by atoms with Crippen LogP contribution in [0.4, 0.5) is 0 Å². The molecule has 0 radical (unpaired) electrons. The van der Waals surface area contributed by atoms with Crippen LogP contribution in [0.15, 0.2) is 81.9 Å². The first-order valence-corrected chi connectivity index (χ1v) is 39.1. The van der Waals surface area contributed by atoms with Crippen molar-refractivity contribution in [2.24, 2.45) is 52.3 Å². The number of allylic oxidation sites excluding steroid dienone is 7. The third-order valence-corrected chi connectivity index (χ3v) is 24.4. The zero-order valence-electron chi connectivity index (χ0n) is 65.2. The predicted octanol–water partition coefficient (Wildman–Crippen LogP) is 11.2. The van der Waals surface area contributed by atoms with E-state index in [9.17, 15) is 63.3 Å². The highest BCUT2D eigenvalue weighted by molar-refractivity contribution is 6.39. The number of amides is 1. The molecule has 0 aromatic carbocycles. The van der Waals surface area contributed by atoms with Crippen LogP contribution in [0, 0.1) is 52.3 Å². The van der Waals surface area contributed by atoms with E-state index in [1.807, 2.05) is 69.9 Å². The van der Waals surface area contributed by atoms with Gasteiger partial charge in [0.1, 0.15) is 35.9 Å². The Balaban J connectivity index is 1.01. The Morgan fingerprint density at radius 3 is 2.11 bits per heavy atom. The number of carbonyl (C=O) groups is 10. The molecule has 3 N–H and O–H groups in total. The molecule has 1 amide bonds. The Labute approximate surface area is 626 Å². The minimum atomic E-state index is -2.49. The smallest absolute Gasteiger partial charge is 0.340 e. The Bertz CT molecular complexity index is 3460. The molecule has 0 unspecified atom stereocenters. The third-order valence-electron chi connectivity index (χ3n) is 24.4. The molecule has 2 bridgehead atoms. The van der Waals surface area contributed by atoms with Crippen LogP contribution < -0.4 is 0 Å². The Kier molecular flexibility index (Phi) is 30.1. The van der Waals surface area contributed by atoms with Crippen molar-refractivity contribution in [3.63, 3.8) is 0 Å². The molecular formula is C83H120N2O21. The Morgan fingerprint density at radius 1 is 0.783 bits per heavy atom. The molecule has 4 heterocycles. The molecule has 5 fully saturated rings. The molecule has 23 heteroatoms. The van der Waals surface area contributed by atoms with E-state index in [0.717, 1.165) is 18.4 Å². The van der Waals surface area contributed by atoms with Gasteiger partial charge in [-0.25, -0.2) is 9.59 Å². The first-order chi connectivity index (χ1) is 50.3. The highest BCUT2D eigenvalue weighted by Gasteiger charge is 2.65. The molecule has 8 aliphatic rings. The summed E-state index contributed by atoms with van der Waals surface area (Å²) in [6, 6.07) is -1.21.